The van der Waals surface area contributed by atoms with Crippen LogP contribution in [-0.4, -0.2) is 31.5 Å². The summed E-state index contributed by atoms with van der Waals surface area (Å²) in [5, 5.41) is 14.3. The van der Waals surface area contributed by atoms with Crippen molar-refractivity contribution in [1.82, 2.24) is 14.5 Å². The van der Waals surface area contributed by atoms with Crippen molar-refractivity contribution in [3.8, 4) is 0 Å². The third kappa shape index (κ3) is 5.46. The molecular weight excluding hydrogens is 420 g/mol. The highest BCUT2D eigenvalue weighted by molar-refractivity contribution is 5.89. The van der Waals surface area contributed by atoms with E-state index < -0.39 is 11.6 Å². The molecule has 2 heterocycles. The Bertz CT molecular complexity index is 1060. The van der Waals surface area contributed by atoms with Crippen LogP contribution in [0.1, 0.15) is 43.2 Å². The van der Waals surface area contributed by atoms with Gasteiger partial charge in [-0.15, -0.1) is 0 Å². The highest BCUT2D eigenvalue weighted by Gasteiger charge is 2.47. The number of nitrogens with one attached hydrogen (secondary N) is 1. The van der Waals surface area contributed by atoms with Crippen LogP contribution in [0, 0.1) is 5.92 Å². The summed E-state index contributed by atoms with van der Waals surface area (Å²) < 4.78 is 7.29. The lowest BCUT2D eigenvalue weighted by atomic mass is 9.73. The number of rotatable bonds is 8. The van der Waals surface area contributed by atoms with E-state index in [2.05, 4.69) is 15.3 Å². The molecule has 0 aliphatic heterocycles. The molecule has 8 heteroatoms. The van der Waals surface area contributed by atoms with Gasteiger partial charge in [-0.25, -0.2) is 14.8 Å². The Morgan fingerprint density at radius 1 is 1.12 bits per heavy atom. The maximum absolute atomic E-state index is 13.2. The molecule has 2 N–H and O–H groups in total. The van der Waals surface area contributed by atoms with Crippen LogP contribution in [-0.2, 0) is 33.1 Å². The summed E-state index contributed by atoms with van der Waals surface area (Å²) in [5.74, 6) is -0.603. The first-order chi connectivity index (χ1) is 16.1. The minimum absolute atomic E-state index is 0.0151. The number of aromatic nitrogens is 3. The highest BCUT2D eigenvalue weighted by atomic mass is 16.5. The standard InChI is InChI=1S/C25H28N4O4/c30-23(28-22-11-13-26-18-27-22)16-29-14-12-19(15-29)17-33-24(31)25(32,20-7-3-1-4-8-20)21-9-5-2-6-10-21/h1,3-4,7-8,11-15,18,21,32H,2,5-6,9-10,16-17H2,(H,26,27,28,30). The lowest BCUT2D eigenvalue weighted by molar-refractivity contribution is -0.177. The Morgan fingerprint density at radius 3 is 2.64 bits per heavy atom. The number of anilines is 1. The van der Waals surface area contributed by atoms with E-state index in [0.29, 0.717) is 11.4 Å². The monoisotopic (exact) mass is 448 g/mol. The van der Waals surface area contributed by atoms with E-state index in [0.717, 1.165) is 37.7 Å². The molecule has 1 amide bonds. The van der Waals surface area contributed by atoms with Gasteiger partial charge >= 0.3 is 5.97 Å². The third-order valence-corrected chi connectivity index (χ3v) is 6.08. The number of aliphatic hydroxyl groups is 1. The topological polar surface area (TPSA) is 106 Å². The van der Waals surface area contributed by atoms with Crippen molar-refractivity contribution in [3.05, 3.63) is 78.5 Å². The average molecular weight is 449 g/mol. The van der Waals surface area contributed by atoms with Gasteiger partial charge in [0.1, 0.15) is 25.3 Å². The summed E-state index contributed by atoms with van der Waals surface area (Å²) in [5.41, 5.74) is -0.361. The molecule has 1 fully saturated rings. The Balaban J connectivity index is 1.39. The van der Waals surface area contributed by atoms with Crippen LogP contribution < -0.4 is 5.32 Å². The number of nitrogens with zero attached hydrogens (tertiary/aromatic N) is 3. The lowest BCUT2D eigenvalue weighted by Crippen LogP contribution is -2.45. The van der Waals surface area contributed by atoms with Gasteiger partial charge in [0.15, 0.2) is 5.60 Å². The van der Waals surface area contributed by atoms with Crippen molar-refractivity contribution in [3.63, 3.8) is 0 Å². The largest absolute Gasteiger partial charge is 0.458 e. The molecule has 3 aromatic rings. The summed E-state index contributed by atoms with van der Waals surface area (Å²) >= 11 is 0. The van der Waals surface area contributed by atoms with E-state index in [1.165, 1.54) is 6.33 Å². The summed E-state index contributed by atoms with van der Waals surface area (Å²) in [4.78, 5) is 33.2. The van der Waals surface area contributed by atoms with Crippen LogP contribution in [0.15, 0.2) is 67.4 Å². The molecule has 33 heavy (non-hydrogen) atoms. The Hall–Kier alpha value is -3.52. The van der Waals surface area contributed by atoms with Crippen molar-refractivity contribution < 1.29 is 19.4 Å². The van der Waals surface area contributed by atoms with E-state index in [4.69, 9.17) is 4.74 Å². The van der Waals surface area contributed by atoms with Crippen molar-refractivity contribution in [2.75, 3.05) is 5.32 Å². The molecule has 1 atom stereocenters. The van der Waals surface area contributed by atoms with Crippen LogP contribution in [0.4, 0.5) is 5.82 Å². The number of hydrogen-bond donors (Lipinski definition) is 2. The molecule has 0 saturated heterocycles. The van der Waals surface area contributed by atoms with Crippen molar-refractivity contribution in [2.45, 2.75) is 50.9 Å². The predicted molar refractivity (Wildman–Crippen MR) is 122 cm³/mol. The maximum atomic E-state index is 13.2. The summed E-state index contributed by atoms with van der Waals surface area (Å²) in [6, 6.07) is 12.5. The molecule has 4 rings (SSSR count). The maximum Gasteiger partial charge on any atom is 0.343 e. The van der Waals surface area contributed by atoms with Crippen LogP contribution in [0.3, 0.4) is 0 Å². The smallest absolute Gasteiger partial charge is 0.343 e. The molecular formula is C25H28N4O4. The second-order valence-electron chi connectivity index (χ2n) is 8.38. The molecule has 0 spiro atoms. The zero-order valence-corrected chi connectivity index (χ0v) is 18.4. The molecule has 1 saturated carbocycles. The van der Waals surface area contributed by atoms with E-state index in [1.54, 1.807) is 47.4 Å². The summed E-state index contributed by atoms with van der Waals surface area (Å²) in [6.45, 7) is 0.106. The zero-order chi connectivity index (χ0) is 23.1. The van der Waals surface area contributed by atoms with E-state index >= 15 is 0 Å². The lowest BCUT2D eigenvalue weighted by Gasteiger charge is -2.36. The molecule has 8 nitrogen and oxygen atoms in total. The molecule has 0 bridgehead atoms. The Kier molecular flexibility index (Phi) is 7.14. The number of amides is 1. The van der Waals surface area contributed by atoms with Gasteiger partial charge in [0, 0.05) is 30.1 Å². The Morgan fingerprint density at radius 2 is 1.91 bits per heavy atom. The van der Waals surface area contributed by atoms with Gasteiger partial charge < -0.3 is 19.7 Å². The normalized spacial score (nSPS) is 16.0. The Labute approximate surface area is 192 Å². The van der Waals surface area contributed by atoms with Gasteiger partial charge in [0.25, 0.3) is 0 Å². The van der Waals surface area contributed by atoms with Gasteiger partial charge in [-0.3, -0.25) is 4.79 Å². The second-order valence-corrected chi connectivity index (χ2v) is 8.38. The first-order valence-corrected chi connectivity index (χ1v) is 11.2. The second kappa shape index (κ2) is 10.4. The van der Waals surface area contributed by atoms with Crippen LogP contribution in [0.25, 0.3) is 0 Å². The average Bonchev–Trinajstić information content (AvgIpc) is 3.30. The van der Waals surface area contributed by atoms with Gasteiger partial charge in [0.2, 0.25) is 5.91 Å². The number of ether oxygens (including phenoxy) is 1. The quantitative estimate of drug-likeness (QED) is 0.512. The predicted octanol–water partition coefficient (Wildman–Crippen LogP) is 3.43. The highest BCUT2D eigenvalue weighted by Crippen LogP contribution is 2.40. The number of esters is 1. The van der Waals surface area contributed by atoms with Crippen LogP contribution >= 0.6 is 0 Å². The van der Waals surface area contributed by atoms with Gasteiger partial charge in [0.05, 0.1) is 0 Å². The third-order valence-electron chi connectivity index (χ3n) is 6.08. The summed E-state index contributed by atoms with van der Waals surface area (Å²) in [6.07, 6.45) is 11.1. The number of carbonyl (C=O) groups excluding carboxylic acids is 2. The SMILES string of the molecule is O=C(Cn1ccc(COC(=O)C(O)(c2ccccc2)C2CCCCC2)c1)Nc1ccncn1. The number of carbonyl (C=O) groups is 2. The minimum Gasteiger partial charge on any atom is -0.458 e. The molecule has 1 aliphatic rings. The first-order valence-electron chi connectivity index (χ1n) is 11.2. The van der Waals surface area contributed by atoms with Crippen LogP contribution in [0.2, 0.25) is 0 Å². The number of benzene rings is 1. The van der Waals surface area contributed by atoms with Crippen molar-refractivity contribution in [1.29, 1.82) is 0 Å². The van der Waals surface area contributed by atoms with Crippen LogP contribution in [0.5, 0.6) is 0 Å². The van der Waals surface area contributed by atoms with E-state index in [-0.39, 0.29) is 25.0 Å². The fraction of sp³-hybridized carbons (Fsp3) is 0.360. The molecule has 1 aliphatic carbocycles. The fourth-order valence-electron chi connectivity index (χ4n) is 4.38. The van der Waals surface area contributed by atoms with Gasteiger partial charge in [-0.1, -0.05) is 49.6 Å². The molecule has 172 valence electrons. The van der Waals surface area contributed by atoms with Crippen molar-refractivity contribution >= 4 is 17.7 Å². The van der Waals surface area contributed by atoms with Gasteiger partial charge in [-0.05, 0) is 30.5 Å². The first kappa shape index (κ1) is 22.7. The molecule has 0 radical (unpaired) electrons. The van der Waals surface area contributed by atoms with Gasteiger partial charge in [-0.2, -0.15) is 0 Å². The molecule has 2 aromatic heterocycles. The summed E-state index contributed by atoms with van der Waals surface area (Å²) in [7, 11) is 0. The number of hydrogen-bond acceptors (Lipinski definition) is 6. The van der Waals surface area contributed by atoms with E-state index in [1.807, 2.05) is 18.2 Å². The van der Waals surface area contributed by atoms with E-state index in [9.17, 15) is 14.7 Å². The van der Waals surface area contributed by atoms with Crippen molar-refractivity contribution in [2.24, 2.45) is 5.92 Å². The zero-order valence-electron chi connectivity index (χ0n) is 18.4. The minimum atomic E-state index is -1.67. The molecule has 1 unspecified atom stereocenters. The molecule has 1 aromatic carbocycles. The fourth-order valence-corrected chi connectivity index (χ4v) is 4.38.